The fourth-order valence-electron chi connectivity index (χ4n) is 1.79. The van der Waals surface area contributed by atoms with Crippen molar-refractivity contribution < 1.29 is 18.4 Å². The highest BCUT2D eigenvalue weighted by molar-refractivity contribution is 5.42. The standard InChI is InChI=1S/C14H12F2N2O3/c1-17-8-9-3-2-4-10(5-9)21-14-7-11(15)13(18(19)20)6-12(14)16/h2-7,17H,8H2,1H3. The van der Waals surface area contributed by atoms with Crippen LogP contribution in [0.25, 0.3) is 0 Å². The molecule has 21 heavy (non-hydrogen) atoms. The summed E-state index contributed by atoms with van der Waals surface area (Å²) in [6.07, 6.45) is 0. The Kier molecular flexibility index (Phi) is 4.44. The van der Waals surface area contributed by atoms with E-state index in [-0.39, 0.29) is 0 Å². The maximum absolute atomic E-state index is 13.7. The zero-order valence-corrected chi connectivity index (χ0v) is 11.1. The highest BCUT2D eigenvalue weighted by Crippen LogP contribution is 2.30. The van der Waals surface area contributed by atoms with Crippen LogP contribution in [0.4, 0.5) is 14.5 Å². The Labute approximate surface area is 119 Å². The molecule has 0 heterocycles. The summed E-state index contributed by atoms with van der Waals surface area (Å²) in [5, 5.41) is 13.5. The van der Waals surface area contributed by atoms with E-state index in [0.717, 1.165) is 5.56 Å². The Morgan fingerprint density at radius 3 is 2.67 bits per heavy atom. The van der Waals surface area contributed by atoms with Crippen LogP contribution in [-0.4, -0.2) is 12.0 Å². The van der Waals surface area contributed by atoms with Gasteiger partial charge in [0.05, 0.1) is 11.0 Å². The first kappa shape index (κ1) is 14.9. The van der Waals surface area contributed by atoms with Crippen LogP contribution in [0.1, 0.15) is 5.56 Å². The van der Waals surface area contributed by atoms with Crippen molar-refractivity contribution in [1.29, 1.82) is 0 Å². The van der Waals surface area contributed by atoms with Crippen molar-refractivity contribution in [3.05, 3.63) is 63.7 Å². The smallest absolute Gasteiger partial charge is 0.307 e. The molecule has 0 aliphatic heterocycles. The lowest BCUT2D eigenvalue weighted by atomic mass is 10.2. The summed E-state index contributed by atoms with van der Waals surface area (Å²) in [5.41, 5.74) is -0.0263. The first-order valence-electron chi connectivity index (χ1n) is 6.06. The van der Waals surface area contributed by atoms with E-state index in [0.29, 0.717) is 24.4 Å². The number of nitrogens with zero attached hydrogens (tertiary/aromatic N) is 1. The summed E-state index contributed by atoms with van der Waals surface area (Å²) >= 11 is 0. The van der Waals surface area contributed by atoms with Crippen LogP contribution in [0.3, 0.4) is 0 Å². The van der Waals surface area contributed by atoms with Gasteiger partial charge in [-0.2, -0.15) is 4.39 Å². The predicted molar refractivity (Wildman–Crippen MR) is 72.3 cm³/mol. The summed E-state index contributed by atoms with van der Waals surface area (Å²) in [7, 11) is 1.78. The van der Waals surface area contributed by atoms with Gasteiger partial charge in [0.2, 0.25) is 5.82 Å². The average Bonchev–Trinajstić information content (AvgIpc) is 2.43. The highest BCUT2D eigenvalue weighted by atomic mass is 19.1. The third-order valence-corrected chi connectivity index (χ3v) is 2.71. The summed E-state index contributed by atoms with van der Waals surface area (Å²) in [6, 6.07) is 7.96. The molecule has 1 N–H and O–H groups in total. The SMILES string of the molecule is CNCc1cccc(Oc2cc(F)c([N+](=O)[O-])cc2F)c1. The van der Waals surface area contributed by atoms with Crippen LogP contribution in [0.5, 0.6) is 11.5 Å². The lowest BCUT2D eigenvalue weighted by molar-refractivity contribution is -0.387. The van der Waals surface area contributed by atoms with Gasteiger partial charge in [0.25, 0.3) is 0 Å². The van der Waals surface area contributed by atoms with E-state index in [2.05, 4.69) is 5.32 Å². The van der Waals surface area contributed by atoms with E-state index in [1.54, 1.807) is 25.2 Å². The fourth-order valence-corrected chi connectivity index (χ4v) is 1.79. The first-order valence-corrected chi connectivity index (χ1v) is 6.06. The summed E-state index contributed by atoms with van der Waals surface area (Å²) < 4.78 is 32.4. The largest absolute Gasteiger partial charge is 0.454 e. The number of ether oxygens (including phenoxy) is 1. The van der Waals surface area contributed by atoms with Crippen LogP contribution < -0.4 is 10.1 Å². The Bertz CT molecular complexity index is 677. The normalized spacial score (nSPS) is 10.4. The molecule has 0 aliphatic rings. The second-order valence-corrected chi connectivity index (χ2v) is 4.27. The number of benzene rings is 2. The molecular formula is C14H12F2N2O3. The molecule has 2 aromatic rings. The molecule has 0 saturated heterocycles. The van der Waals surface area contributed by atoms with Crippen molar-refractivity contribution in [2.75, 3.05) is 7.05 Å². The molecule has 2 rings (SSSR count). The number of nitro groups is 1. The van der Waals surface area contributed by atoms with Gasteiger partial charge in [0.15, 0.2) is 11.6 Å². The molecule has 7 heteroatoms. The van der Waals surface area contributed by atoms with Gasteiger partial charge in [-0.25, -0.2) is 4.39 Å². The minimum absolute atomic E-state index is 0.315. The van der Waals surface area contributed by atoms with Gasteiger partial charge in [0.1, 0.15) is 5.75 Å². The first-order chi connectivity index (χ1) is 10.0. The molecular weight excluding hydrogens is 282 g/mol. The van der Waals surface area contributed by atoms with Gasteiger partial charge in [-0.05, 0) is 24.7 Å². The minimum atomic E-state index is -1.15. The molecule has 2 aromatic carbocycles. The summed E-state index contributed by atoms with van der Waals surface area (Å²) in [4.78, 5) is 9.52. The molecule has 0 spiro atoms. The predicted octanol–water partition coefficient (Wildman–Crippen LogP) is 3.38. The number of hydrogen-bond acceptors (Lipinski definition) is 4. The van der Waals surface area contributed by atoms with Crippen molar-refractivity contribution in [2.24, 2.45) is 0 Å². The average molecular weight is 294 g/mol. The van der Waals surface area contributed by atoms with Gasteiger partial charge in [-0.1, -0.05) is 12.1 Å². The zero-order valence-electron chi connectivity index (χ0n) is 11.1. The minimum Gasteiger partial charge on any atom is -0.454 e. The Hall–Kier alpha value is -2.54. The van der Waals surface area contributed by atoms with Gasteiger partial charge in [-0.15, -0.1) is 0 Å². The molecule has 0 bridgehead atoms. The number of halogens is 2. The molecule has 0 amide bonds. The maximum Gasteiger partial charge on any atom is 0.307 e. The molecule has 0 unspecified atom stereocenters. The summed E-state index contributed by atoms with van der Waals surface area (Å²) in [5.74, 6) is -2.24. The van der Waals surface area contributed by atoms with E-state index < -0.39 is 28.0 Å². The van der Waals surface area contributed by atoms with Gasteiger partial charge in [0, 0.05) is 12.6 Å². The van der Waals surface area contributed by atoms with Crippen molar-refractivity contribution in [1.82, 2.24) is 5.32 Å². The molecule has 5 nitrogen and oxygen atoms in total. The van der Waals surface area contributed by atoms with Crippen molar-refractivity contribution >= 4 is 5.69 Å². The van der Waals surface area contributed by atoms with Gasteiger partial charge in [-0.3, -0.25) is 10.1 Å². The zero-order chi connectivity index (χ0) is 15.4. The molecule has 110 valence electrons. The second kappa shape index (κ2) is 6.27. The summed E-state index contributed by atoms with van der Waals surface area (Å²) in [6.45, 7) is 0.592. The molecule has 0 radical (unpaired) electrons. The maximum atomic E-state index is 13.7. The number of nitro benzene ring substituents is 1. The van der Waals surface area contributed by atoms with Crippen LogP contribution in [0, 0.1) is 21.7 Å². The van der Waals surface area contributed by atoms with Crippen molar-refractivity contribution in [3.8, 4) is 11.5 Å². The molecule has 0 saturated carbocycles. The number of nitrogens with one attached hydrogen (secondary N) is 1. The third-order valence-electron chi connectivity index (χ3n) is 2.71. The van der Waals surface area contributed by atoms with Crippen LogP contribution in [-0.2, 0) is 6.54 Å². The van der Waals surface area contributed by atoms with E-state index in [1.165, 1.54) is 0 Å². The number of hydrogen-bond donors (Lipinski definition) is 1. The van der Waals surface area contributed by atoms with Gasteiger partial charge >= 0.3 is 5.69 Å². The quantitative estimate of drug-likeness (QED) is 0.678. The molecule has 0 atom stereocenters. The fraction of sp³-hybridized carbons (Fsp3) is 0.143. The monoisotopic (exact) mass is 294 g/mol. The lowest BCUT2D eigenvalue weighted by Gasteiger charge is -2.08. The van der Waals surface area contributed by atoms with Crippen LogP contribution in [0.15, 0.2) is 36.4 Å². The third kappa shape index (κ3) is 3.51. The van der Waals surface area contributed by atoms with Crippen molar-refractivity contribution in [3.63, 3.8) is 0 Å². The molecule has 0 fully saturated rings. The van der Waals surface area contributed by atoms with E-state index in [4.69, 9.17) is 4.74 Å². The van der Waals surface area contributed by atoms with Crippen LogP contribution >= 0.6 is 0 Å². The number of rotatable bonds is 5. The van der Waals surface area contributed by atoms with E-state index >= 15 is 0 Å². The molecule has 0 aromatic heterocycles. The van der Waals surface area contributed by atoms with Gasteiger partial charge < -0.3 is 10.1 Å². The Morgan fingerprint density at radius 2 is 2.00 bits per heavy atom. The second-order valence-electron chi connectivity index (χ2n) is 4.27. The van der Waals surface area contributed by atoms with E-state index in [9.17, 15) is 18.9 Å². The molecule has 0 aliphatic carbocycles. The van der Waals surface area contributed by atoms with Crippen molar-refractivity contribution in [2.45, 2.75) is 6.54 Å². The van der Waals surface area contributed by atoms with E-state index in [1.807, 2.05) is 6.07 Å². The lowest BCUT2D eigenvalue weighted by Crippen LogP contribution is -2.04. The van der Waals surface area contributed by atoms with Crippen LogP contribution in [0.2, 0.25) is 0 Å². The Balaban J connectivity index is 2.29. The topological polar surface area (TPSA) is 64.4 Å². The Morgan fingerprint density at radius 1 is 1.24 bits per heavy atom. The highest BCUT2D eigenvalue weighted by Gasteiger charge is 2.19.